The monoisotopic (exact) mass is 324 g/mol. The Labute approximate surface area is 132 Å². The van der Waals surface area contributed by atoms with Gasteiger partial charge in [0.2, 0.25) is 0 Å². The van der Waals surface area contributed by atoms with Gasteiger partial charge in [0.25, 0.3) is 5.91 Å². The molecule has 2 rings (SSSR count). The third-order valence-electron chi connectivity index (χ3n) is 3.62. The highest BCUT2D eigenvalue weighted by Gasteiger charge is 2.26. The van der Waals surface area contributed by atoms with E-state index in [0.29, 0.717) is 4.88 Å². The van der Waals surface area contributed by atoms with Gasteiger partial charge in [0.05, 0.1) is 11.3 Å². The normalized spacial score (nSPS) is 14.2. The maximum Gasteiger partial charge on any atom is 0.263 e. The standard InChI is InChI=1S/C15H20N2O2S2/c1-9(2)15(4,19)8-16-13(18)12-10(3)17-14(21-12)11-5-6-20-7-11/h5-7,9,19H,8H2,1-4H3,(H,16,18). The van der Waals surface area contributed by atoms with Crippen LogP contribution in [-0.4, -0.2) is 28.1 Å². The van der Waals surface area contributed by atoms with Crippen molar-refractivity contribution in [3.05, 3.63) is 27.4 Å². The van der Waals surface area contributed by atoms with Crippen LogP contribution < -0.4 is 5.32 Å². The van der Waals surface area contributed by atoms with Crippen molar-refractivity contribution in [3.63, 3.8) is 0 Å². The van der Waals surface area contributed by atoms with Crippen molar-refractivity contribution in [1.29, 1.82) is 0 Å². The van der Waals surface area contributed by atoms with E-state index in [-0.39, 0.29) is 18.4 Å². The van der Waals surface area contributed by atoms with Crippen LogP contribution in [-0.2, 0) is 0 Å². The van der Waals surface area contributed by atoms with E-state index in [9.17, 15) is 9.90 Å². The maximum absolute atomic E-state index is 12.3. The van der Waals surface area contributed by atoms with E-state index in [1.165, 1.54) is 11.3 Å². The van der Waals surface area contributed by atoms with E-state index in [4.69, 9.17) is 0 Å². The third kappa shape index (κ3) is 3.70. The van der Waals surface area contributed by atoms with Crippen molar-refractivity contribution in [2.75, 3.05) is 6.54 Å². The maximum atomic E-state index is 12.3. The molecule has 2 aromatic rings. The number of thiophene rings is 1. The van der Waals surface area contributed by atoms with Crippen molar-refractivity contribution in [3.8, 4) is 10.6 Å². The second-order valence-electron chi connectivity index (χ2n) is 5.64. The van der Waals surface area contributed by atoms with Crippen LogP contribution in [0.25, 0.3) is 10.6 Å². The fraction of sp³-hybridized carbons (Fsp3) is 0.467. The highest BCUT2D eigenvalue weighted by molar-refractivity contribution is 7.17. The molecule has 0 saturated heterocycles. The number of amides is 1. The van der Waals surface area contributed by atoms with Crippen LogP contribution in [0.2, 0.25) is 0 Å². The van der Waals surface area contributed by atoms with Crippen LogP contribution in [0.4, 0.5) is 0 Å². The average molecular weight is 324 g/mol. The summed E-state index contributed by atoms with van der Waals surface area (Å²) in [5, 5.41) is 17.9. The van der Waals surface area contributed by atoms with Gasteiger partial charge in [-0.25, -0.2) is 4.98 Å². The molecule has 0 aliphatic heterocycles. The number of thiazole rings is 1. The van der Waals surface area contributed by atoms with Gasteiger partial charge in [-0.15, -0.1) is 11.3 Å². The van der Waals surface area contributed by atoms with Gasteiger partial charge in [0, 0.05) is 17.5 Å². The van der Waals surface area contributed by atoms with Gasteiger partial charge in [0.1, 0.15) is 9.88 Å². The summed E-state index contributed by atoms with van der Waals surface area (Å²) in [5.74, 6) is -0.103. The van der Waals surface area contributed by atoms with Gasteiger partial charge in [-0.1, -0.05) is 13.8 Å². The second-order valence-corrected chi connectivity index (χ2v) is 7.42. The fourth-order valence-corrected chi connectivity index (χ4v) is 3.35. The molecule has 114 valence electrons. The molecule has 0 saturated carbocycles. The quantitative estimate of drug-likeness (QED) is 0.887. The van der Waals surface area contributed by atoms with Crippen LogP contribution in [0.1, 0.15) is 36.1 Å². The van der Waals surface area contributed by atoms with Crippen LogP contribution in [0.3, 0.4) is 0 Å². The molecule has 0 radical (unpaired) electrons. The summed E-state index contributed by atoms with van der Waals surface area (Å²) >= 11 is 2.99. The predicted molar refractivity (Wildman–Crippen MR) is 88.0 cm³/mol. The van der Waals surface area contributed by atoms with E-state index in [1.54, 1.807) is 18.3 Å². The largest absolute Gasteiger partial charge is 0.388 e. The number of aliphatic hydroxyl groups is 1. The first kappa shape index (κ1) is 16.1. The number of hydrogen-bond acceptors (Lipinski definition) is 5. The molecule has 2 aromatic heterocycles. The fourth-order valence-electron chi connectivity index (χ4n) is 1.66. The van der Waals surface area contributed by atoms with Crippen LogP contribution >= 0.6 is 22.7 Å². The summed E-state index contributed by atoms with van der Waals surface area (Å²) < 4.78 is 0. The Kier molecular flexibility index (Phi) is 4.81. The van der Waals surface area contributed by atoms with Gasteiger partial charge in [-0.05, 0) is 31.2 Å². The molecule has 1 atom stereocenters. The number of carbonyl (C=O) groups excluding carboxylic acids is 1. The minimum absolute atomic E-state index is 0.0710. The Bertz CT molecular complexity index is 616. The highest BCUT2D eigenvalue weighted by atomic mass is 32.1. The molecular formula is C15H20N2O2S2. The first-order chi connectivity index (χ1) is 9.81. The molecule has 0 fully saturated rings. The topological polar surface area (TPSA) is 62.2 Å². The average Bonchev–Trinajstić information content (AvgIpc) is 3.04. The van der Waals surface area contributed by atoms with E-state index in [2.05, 4.69) is 10.3 Å². The number of aryl methyl sites for hydroxylation is 1. The zero-order valence-electron chi connectivity index (χ0n) is 12.6. The van der Waals surface area contributed by atoms with Crippen molar-refractivity contribution >= 4 is 28.6 Å². The molecule has 0 aliphatic carbocycles. The van der Waals surface area contributed by atoms with Crippen molar-refractivity contribution in [1.82, 2.24) is 10.3 Å². The van der Waals surface area contributed by atoms with Gasteiger partial charge in [-0.3, -0.25) is 4.79 Å². The molecular weight excluding hydrogens is 304 g/mol. The van der Waals surface area contributed by atoms with E-state index in [0.717, 1.165) is 16.3 Å². The smallest absolute Gasteiger partial charge is 0.263 e. The molecule has 2 heterocycles. The van der Waals surface area contributed by atoms with Crippen molar-refractivity contribution in [2.45, 2.75) is 33.3 Å². The number of carbonyl (C=O) groups is 1. The van der Waals surface area contributed by atoms with Gasteiger partial charge < -0.3 is 10.4 Å². The lowest BCUT2D eigenvalue weighted by atomic mass is 9.92. The first-order valence-corrected chi connectivity index (χ1v) is 8.58. The minimum atomic E-state index is -0.912. The zero-order valence-corrected chi connectivity index (χ0v) is 14.3. The highest BCUT2D eigenvalue weighted by Crippen LogP contribution is 2.29. The summed E-state index contributed by atoms with van der Waals surface area (Å²) in [4.78, 5) is 17.3. The van der Waals surface area contributed by atoms with Gasteiger partial charge in [0.15, 0.2) is 0 Å². The summed E-state index contributed by atoms with van der Waals surface area (Å²) in [6.07, 6.45) is 0. The summed E-state index contributed by atoms with van der Waals surface area (Å²) in [6, 6.07) is 1.99. The SMILES string of the molecule is Cc1nc(-c2ccsc2)sc1C(=O)NCC(C)(O)C(C)C. The zero-order chi connectivity index (χ0) is 15.6. The van der Waals surface area contributed by atoms with E-state index < -0.39 is 5.60 Å². The summed E-state index contributed by atoms with van der Waals surface area (Å²) in [7, 11) is 0. The molecule has 2 N–H and O–H groups in total. The molecule has 4 nitrogen and oxygen atoms in total. The van der Waals surface area contributed by atoms with Crippen molar-refractivity contribution in [2.24, 2.45) is 5.92 Å². The molecule has 6 heteroatoms. The molecule has 0 aliphatic rings. The van der Waals surface area contributed by atoms with Crippen molar-refractivity contribution < 1.29 is 9.90 Å². The number of rotatable bonds is 5. The van der Waals surface area contributed by atoms with Gasteiger partial charge in [-0.2, -0.15) is 11.3 Å². The molecule has 0 spiro atoms. The first-order valence-electron chi connectivity index (χ1n) is 6.82. The van der Waals surface area contributed by atoms with E-state index in [1.807, 2.05) is 37.6 Å². The van der Waals surface area contributed by atoms with Gasteiger partial charge >= 0.3 is 0 Å². The Morgan fingerprint density at radius 1 is 1.52 bits per heavy atom. The number of nitrogens with zero attached hydrogens (tertiary/aromatic N) is 1. The van der Waals surface area contributed by atoms with Crippen LogP contribution in [0.15, 0.2) is 16.8 Å². The summed E-state index contributed by atoms with van der Waals surface area (Å²) in [6.45, 7) is 7.66. The summed E-state index contributed by atoms with van der Waals surface area (Å²) in [5.41, 5.74) is 0.856. The lowest BCUT2D eigenvalue weighted by molar-refractivity contribution is 0.0142. The van der Waals surface area contributed by atoms with Crippen LogP contribution in [0, 0.1) is 12.8 Å². The number of hydrogen-bond donors (Lipinski definition) is 2. The predicted octanol–water partition coefficient (Wildman–Crippen LogP) is 3.32. The molecule has 1 unspecified atom stereocenters. The van der Waals surface area contributed by atoms with Crippen LogP contribution in [0.5, 0.6) is 0 Å². The Balaban J connectivity index is 2.10. The molecule has 0 aromatic carbocycles. The second kappa shape index (κ2) is 6.25. The third-order valence-corrected chi connectivity index (χ3v) is 5.51. The number of aromatic nitrogens is 1. The lowest BCUT2D eigenvalue weighted by Gasteiger charge is -2.27. The minimum Gasteiger partial charge on any atom is -0.388 e. The number of nitrogens with one attached hydrogen (secondary N) is 1. The van der Waals surface area contributed by atoms with E-state index >= 15 is 0 Å². The Hall–Kier alpha value is -1.24. The molecule has 0 bridgehead atoms. The Morgan fingerprint density at radius 2 is 2.24 bits per heavy atom. The Morgan fingerprint density at radius 3 is 2.81 bits per heavy atom. The molecule has 21 heavy (non-hydrogen) atoms. The molecule has 1 amide bonds. The lowest BCUT2D eigenvalue weighted by Crippen LogP contribution is -2.44.